The quantitative estimate of drug-likeness (QED) is 0.599. The molecule has 1 atom stereocenters. The van der Waals surface area contributed by atoms with Gasteiger partial charge >= 0.3 is 0 Å². The lowest BCUT2D eigenvalue weighted by Gasteiger charge is -2.10. The van der Waals surface area contributed by atoms with Crippen molar-refractivity contribution < 1.29 is 13.7 Å². The molecule has 0 aromatic carbocycles. The second-order valence-corrected chi connectivity index (χ2v) is 4.92. The van der Waals surface area contributed by atoms with Gasteiger partial charge in [-0.05, 0) is 6.92 Å². The summed E-state index contributed by atoms with van der Waals surface area (Å²) in [5.41, 5.74) is 0.364. The summed E-state index contributed by atoms with van der Waals surface area (Å²) in [6.45, 7) is 1.41. The molecule has 0 amide bonds. The van der Waals surface area contributed by atoms with E-state index < -0.39 is 9.71 Å². The van der Waals surface area contributed by atoms with Gasteiger partial charge in [-0.25, -0.2) is 8.61 Å². The average molecular weight is 201 g/mol. The number of carbonyl (C=O) groups is 1. The summed E-state index contributed by atoms with van der Waals surface area (Å²) in [6, 6.07) is 0. The summed E-state index contributed by atoms with van der Waals surface area (Å²) in [4.78, 5) is 11.0. The predicted octanol–water partition coefficient (Wildman–Crippen LogP) is 0.192. The molecular weight excluding hydrogens is 190 g/mol. The molecule has 1 heterocycles. The summed E-state index contributed by atoms with van der Waals surface area (Å²) in [6.07, 6.45) is 2.79. The number of ketones is 1. The first-order valence-corrected chi connectivity index (χ1v) is 5.63. The molecule has 0 aromatic heterocycles. The van der Waals surface area contributed by atoms with Gasteiger partial charge in [-0.2, -0.15) is 0 Å². The van der Waals surface area contributed by atoms with Gasteiger partial charge in [0.15, 0.2) is 5.78 Å². The van der Waals surface area contributed by atoms with Crippen molar-refractivity contribution in [3.05, 3.63) is 11.3 Å². The van der Waals surface area contributed by atoms with Crippen LogP contribution in [0.1, 0.15) is 6.92 Å². The lowest BCUT2D eigenvalue weighted by atomic mass is 10.2. The SMILES string of the molecule is COC1=C(C(C)=O)C=NS(C)(=O)=C1. The Morgan fingerprint density at radius 3 is 2.69 bits per heavy atom. The van der Waals surface area contributed by atoms with Gasteiger partial charge in [0.1, 0.15) is 5.76 Å². The Morgan fingerprint density at radius 1 is 1.62 bits per heavy atom. The summed E-state index contributed by atoms with van der Waals surface area (Å²) in [7, 11) is -0.917. The zero-order valence-electron chi connectivity index (χ0n) is 7.73. The van der Waals surface area contributed by atoms with Gasteiger partial charge in [0.05, 0.1) is 34.0 Å². The Labute approximate surface area is 77.5 Å². The van der Waals surface area contributed by atoms with E-state index in [1.807, 2.05) is 0 Å². The highest BCUT2D eigenvalue weighted by Crippen LogP contribution is 2.09. The van der Waals surface area contributed by atoms with Crippen molar-refractivity contribution in [2.75, 3.05) is 13.4 Å². The largest absolute Gasteiger partial charge is 0.495 e. The fourth-order valence-electron chi connectivity index (χ4n) is 0.936. The van der Waals surface area contributed by atoms with E-state index in [0.29, 0.717) is 11.3 Å². The average Bonchev–Trinajstić information content (AvgIpc) is 2.01. The number of hydrogen-bond acceptors (Lipinski definition) is 3. The molecule has 13 heavy (non-hydrogen) atoms. The third-order valence-electron chi connectivity index (χ3n) is 1.58. The van der Waals surface area contributed by atoms with E-state index in [1.165, 1.54) is 31.9 Å². The number of nitrogens with zero attached hydrogens (tertiary/aromatic N) is 1. The summed E-state index contributed by atoms with van der Waals surface area (Å²) < 4.78 is 20.1. The molecule has 0 radical (unpaired) electrons. The molecule has 5 heteroatoms. The third-order valence-corrected chi connectivity index (χ3v) is 2.76. The molecule has 0 fully saturated rings. The van der Waals surface area contributed by atoms with Crippen LogP contribution in [0.2, 0.25) is 0 Å². The Balaban J connectivity index is 3.31. The van der Waals surface area contributed by atoms with Crippen LogP contribution in [0.25, 0.3) is 0 Å². The Bertz CT molecular complexity index is 411. The number of ether oxygens (including phenoxy) is 1. The number of methoxy groups -OCH3 is 1. The third kappa shape index (κ3) is 2.18. The summed E-state index contributed by atoms with van der Waals surface area (Å²) in [5, 5.41) is 1.38. The smallest absolute Gasteiger partial charge is 0.165 e. The van der Waals surface area contributed by atoms with Crippen LogP contribution in [-0.4, -0.2) is 34.9 Å². The molecule has 0 aromatic rings. The number of carbonyl (C=O) groups excluding carboxylic acids is 1. The van der Waals surface area contributed by atoms with Crippen molar-refractivity contribution in [2.24, 2.45) is 4.40 Å². The molecule has 0 aliphatic carbocycles. The maximum Gasteiger partial charge on any atom is 0.165 e. The standard InChI is InChI=1S/C8H11NO3S/c1-6(10)7-4-9-13(3,11)5-8(7)12-2/h4-5H,1-3H3. The van der Waals surface area contributed by atoms with E-state index in [0.717, 1.165) is 0 Å². The fraction of sp³-hybridized carbons (Fsp3) is 0.375. The first-order valence-electron chi connectivity index (χ1n) is 3.65. The maximum atomic E-state index is 11.5. The lowest BCUT2D eigenvalue weighted by molar-refractivity contribution is -0.113. The monoisotopic (exact) mass is 201 g/mol. The lowest BCUT2D eigenvalue weighted by Crippen LogP contribution is -2.14. The van der Waals surface area contributed by atoms with Crippen molar-refractivity contribution in [3.8, 4) is 0 Å². The number of hydrogen-bond donors (Lipinski definition) is 0. The highest BCUT2D eigenvalue weighted by atomic mass is 32.2. The van der Waals surface area contributed by atoms with E-state index >= 15 is 0 Å². The summed E-state index contributed by atoms with van der Waals surface area (Å²) >= 11 is 0. The van der Waals surface area contributed by atoms with E-state index in [4.69, 9.17) is 4.74 Å². The molecule has 1 aliphatic rings. The molecule has 1 rings (SSSR count). The van der Waals surface area contributed by atoms with E-state index in [9.17, 15) is 9.00 Å². The van der Waals surface area contributed by atoms with Crippen molar-refractivity contribution >= 4 is 27.1 Å². The number of allylic oxidation sites excluding steroid dienone is 2. The van der Waals surface area contributed by atoms with Crippen LogP contribution in [0.3, 0.4) is 0 Å². The molecule has 1 aliphatic heterocycles. The van der Waals surface area contributed by atoms with Gasteiger partial charge in [-0.3, -0.25) is 4.79 Å². The first kappa shape index (κ1) is 9.98. The molecule has 0 N–H and O–H groups in total. The molecule has 0 saturated heterocycles. The predicted molar refractivity (Wildman–Crippen MR) is 53.3 cm³/mol. The van der Waals surface area contributed by atoms with Gasteiger partial charge in [0.2, 0.25) is 0 Å². The second kappa shape index (κ2) is 3.33. The van der Waals surface area contributed by atoms with Crippen molar-refractivity contribution in [1.29, 1.82) is 0 Å². The van der Waals surface area contributed by atoms with Gasteiger partial charge < -0.3 is 4.74 Å². The van der Waals surface area contributed by atoms with Gasteiger partial charge in [-0.1, -0.05) is 0 Å². The van der Waals surface area contributed by atoms with Crippen LogP contribution in [0.15, 0.2) is 15.7 Å². The van der Waals surface area contributed by atoms with Crippen molar-refractivity contribution in [3.63, 3.8) is 0 Å². The minimum Gasteiger partial charge on any atom is -0.495 e. The van der Waals surface area contributed by atoms with E-state index in [-0.39, 0.29) is 5.78 Å². The molecular formula is C8H11NO3S. The second-order valence-electron chi connectivity index (χ2n) is 2.75. The Hall–Kier alpha value is -1.10. The molecule has 4 nitrogen and oxygen atoms in total. The normalized spacial score (nSPS) is 27.0. The fourth-order valence-corrected chi connectivity index (χ4v) is 1.93. The first-order chi connectivity index (χ1) is 5.96. The van der Waals surface area contributed by atoms with Crippen LogP contribution in [0, 0.1) is 0 Å². The van der Waals surface area contributed by atoms with Crippen molar-refractivity contribution in [1.82, 2.24) is 0 Å². The van der Waals surface area contributed by atoms with Crippen LogP contribution in [0.5, 0.6) is 0 Å². The molecule has 1 unspecified atom stereocenters. The van der Waals surface area contributed by atoms with Gasteiger partial charge in [-0.15, -0.1) is 0 Å². The Morgan fingerprint density at radius 2 is 2.23 bits per heavy atom. The highest BCUT2D eigenvalue weighted by molar-refractivity contribution is 7.99. The molecule has 0 spiro atoms. The topological polar surface area (TPSA) is 55.7 Å². The van der Waals surface area contributed by atoms with Crippen LogP contribution < -0.4 is 0 Å². The molecule has 0 bridgehead atoms. The van der Waals surface area contributed by atoms with Crippen LogP contribution in [-0.2, 0) is 19.2 Å². The van der Waals surface area contributed by atoms with Crippen LogP contribution >= 0.6 is 0 Å². The molecule has 0 saturated carbocycles. The van der Waals surface area contributed by atoms with E-state index in [2.05, 4.69) is 4.40 Å². The summed E-state index contributed by atoms with van der Waals surface area (Å²) in [5.74, 6) is 0.196. The maximum absolute atomic E-state index is 11.5. The highest BCUT2D eigenvalue weighted by Gasteiger charge is 2.14. The van der Waals surface area contributed by atoms with Gasteiger partial charge in [0, 0.05) is 6.26 Å². The number of rotatable bonds is 2. The zero-order chi connectivity index (χ0) is 10.1. The minimum absolute atomic E-state index is 0.147. The minimum atomic E-state index is -2.35. The zero-order valence-corrected chi connectivity index (χ0v) is 8.55. The van der Waals surface area contributed by atoms with Crippen molar-refractivity contribution in [2.45, 2.75) is 6.92 Å². The number of Topliss-reactive ketones (excluding diaryl/α,β-unsaturated/α-hetero) is 1. The molecule has 72 valence electrons. The van der Waals surface area contributed by atoms with E-state index in [1.54, 1.807) is 0 Å². The Kier molecular flexibility index (Phi) is 2.56. The van der Waals surface area contributed by atoms with Gasteiger partial charge in [0.25, 0.3) is 0 Å². The van der Waals surface area contributed by atoms with Crippen LogP contribution in [0.4, 0.5) is 0 Å².